The van der Waals surface area contributed by atoms with E-state index in [-0.39, 0.29) is 17.7 Å². The summed E-state index contributed by atoms with van der Waals surface area (Å²) >= 11 is 0. The summed E-state index contributed by atoms with van der Waals surface area (Å²) in [6.45, 7) is 2.68. The van der Waals surface area contributed by atoms with E-state index in [1.807, 2.05) is 30.5 Å². The van der Waals surface area contributed by atoms with Crippen molar-refractivity contribution >= 4 is 5.91 Å². The van der Waals surface area contributed by atoms with Crippen molar-refractivity contribution in [1.29, 1.82) is 0 Å². The fraction of sp³-hybridized carbons (Fsp3) is 0.238. The van der Waals surface area contributed by atoms with Gasteiger partial charge in [0.25, 0.3) is 5.91 Å². The molecule has 0 aromatic carbocycles. The molecule has 0 radical (unpaired) electrons. The molecule has 1 aliphatic heterocycles. The molecule has 0 unspecified atom stereocenters. The molecule has 1 fully saturated rings. The first-order valence-electron chi connectivity index (χ1n) is 9.55. The predicted octanol–water partition coefficient (Wildman–Crippen LogP) is 2.85. The Hall–Kier alpha value is -3.88. The van der Waals surface area contributed by atoms with E-state index in [1.54, 1.807) is 36.5 Å². The normalized spacial score (nSPS) is 18.6. The third-order valence-corrected chi connectivity index (χ3v) is 5.26. The van der Waals surface area contributed by atoms with Crippen molar-refractivity contribution in [2.75, 3.05) is 13.1 Å². The van der Waals surface area contributed by atoms with Gasteiger partial charge in [0.05, 0.1) is 5.92 Å². The summed E-state index contributed by atoms with van der Waals surface area (Å²) in [4.78, 5) is 27.6. The number of hydrogen-bond donors (Lipinski definition) is 0. The Bertz CT molecular complexity index is 1160. The highest BCUT2D eigenvalue weighted by molar-refractivity contribution is 5.92. The molecule has 0 N–H and O–H groups in total. The second kappa shape index (κ2) is 7.51. The number of likely N-dealkylation sites (tertiary alicyclic amines) is 1. The lowest BCUT2D eigenvalue weighted by molar-refractivity contribution is 0.0777. The Morgan fingerprint density at radius 1 is 1.03 bits per heavy atom. The van der Waals surface area contributed by atoms with E-state index >= 15 is 0 Å². The van der Waals surface area contributed by atoms with Crippen LogP contribution in [-0.2, 0) is 0 Å². The fourth-order valence-corrected chi connectivity index (χ4v) is 3.79. The smallest absolute Gasteiger partial charge is 0.276 e. The van der Waals surface area contributed by atoms with Gasteiger partial charge in [0.2, 0.25) is 11.7 Å². The van der Waals surface area contributed by atoms with Crippen LogP contribution in [0, 0.1) is 6.92 Å². The van der Waals surface area contributed by atoms with Gasteiger partial charge in [0, 0.05) is 55.4 Å². The molecule has 30 heavy (non-hydrogen) atoms. The number of aryl methyl sites for hydroxylation is 1. The van der Waals surface area contributed by atoms with Crippen LogP contribution in [0.25, 0.3) is 11.4 Å². The van der Waals surface area contributed by atoms with E-state index in [1.165, 1.54) is 0 Å². The Labute approximate surface area is 171 Å². The minimum atomic E-state index is -0.183. The van der Waals surface area contributed by atoms with Gasteiger partial charge in [-0.15, -0.1) is 0 Å². The summed E-state index contributed by atoms with van der Waals surface area (Å²) < 4.78 is 10.7. The van der Waals surface area contributed by atoms with Crippen LogP contribution in [0.4, 0.5) is 0 Å². The van der Waals surface area contributed by atoms with Crippen LogP contribution in [0.5, 0.6) is 0 Å². The highest BCUT2D eigenvalue weighted by Crippen LogP contribution is 2.39. The molecule has 1 aliphatic rings. The third kappa shape index (κ3) is 3.34. The molecule has 1 saturated heterocycles. The van der Waals surface area contributed by atoms with Crippen molar-refractivity contribution in [3.8, 4) is 11.4 Å². The van der Waals surface area contributed by atoms with Crippen LogP contribution in [0.3, 0.4) is 0 Å². The number of hydrogen-bond acceptors (Lipinski definition) is 8. The lowest BCUT2D eigenvalue weighted by Gasteiger charge is -2.15. The summed E-state index contributed by atoms with van der Waals surface area (Å²) in [7, 11) is 0. The summed E-state index contributed by atoms with van der Waals surface area (Å²) in [5, 5.41) is 7.99. The number of pyridine rings is 2. The van der Waals surface area contributed by atoms with E-state index in [4.69, 9.17) is 9.05 Å². The number of nitrogens with zero attached hydrogens (tertiary/aromatic N) is 6. The van der Waals surface area contributed by atoms with Gasteiger partial charge in [-0.25, -0.2) is 0 Å². The zero-order chi connectivity index (χ0) is 20.5. The molecule has 9 nitrogen and oxygen atoms in total. The summed E-state index contributed by atoms with van der Waals surface area (Å²) in [5.41, 5.74) is 2.13. The summed E-state index contributed by atoms with van der Waals surface area (Å²) in [6.07, 6.45) is 6.90. The van der Waals surface area contributed by atoms with Gasteiger partial charge < -0.3 is 13.9 Å². The number of carbonyl (C=O) groups is 1. The first-order valence-corrected chi connectivity index (χ1v) is 9.55. The predicted molar refractivity (Wildman–Crippen MR) is 104 cm³/mol. The quantitative estimate of drug-likeness (QED) is 0.512. The molecule has 0 bridgehead atoms. The summed E-state index contributed by atoms with van der Waals surface area (Å²) in [5.74, 6) is 1.21. The molecular weight excluding hydrogens is 384 g/mol. The maximum atomic E-state index is 13.0. The molecule has 4 aromatic rings. The molecular formula is C21H18N6O3. The second-order valence-electron chi connectivity index (χ2n) is 7.22. The standard InChI is InChI=1S/C21H18N6O3/c1-13-9-18(25-29-13)21(28)27-11-16(15-3-2-6-23-10-15)17(12-27)20-24-19(26-30-20)14-4-7-22-8-5-14/h2-10,16-17H,11-12H2,1H3/t16-,17+/m0/s1. The lowest BCUT2D eigenvalue weighted by atomic mass is 9.90. The Balaban J connectivity index is 1.47. The molecule has 0 saturated carbocycles. The minimum absolute atomic E-state index is 0.0265. The van der Waals surface area contributed by atoms with E-state index < -0.39 is 0 Å². The van der Waals surface area contributed by atoms with Gasteiger partial charge in [0.1, 0.15) is 5.76 Å². The molecule has 5 rings (SSSR count). The van der Waals surface area contributed by atoms with Gasteiger partial charge in [-0.3, -0.25) is 14.8 Å². The lowest BCUT2D eigenvalue weighted by Crippen LogP contribution is -2.29. The van der Waals surface area contributed by atoms with E-state index in [2.05, 4.69) is 25.3 Å². The van der Waals surface area contributed by atoms with Gasteiger partial charge in [-0.2, -0.15) is 4.98 Å². The van der Waals surface area contributed by atoms with Crippen molar-refractivity contribution in [2.24, 2.45) is 0 Å². The van der Waals surface area contributed by atoms with Crippen LogP contribution >= 0.6 is 0 Å². The van der Waals surface area contributed by atoms with Crippen LogP contribution in [0.2, 0.25) is 0 Å². The minimum Gasteiger partial charge on any atom is -0.361 e. The SMILES string of the molecule is Cc1cc(C(=O)N2C[C@@H](c3cccnc3)[C@H](c3nc(-c4ccncc4)no3)C2)no1. The van der Waals surface area contributed by atoms with Gasteiger partial charge in [-0.05, 0) is 30.7 Å². The largest absolute Gasteiger partial charge is 0.361 e. The monoisotopic (exact) mass is 402 g/mol. The van der Waals surface area contributed by atoms with Crippen LogP contribution in [0.15, 0.2) is 64.2 Å². The van der Waals surface area contributed by atoms with Crippen molar-refractivity contribution in [1.82, 2.24) is 30.2 Å². The van der Waals surface area contributed by atoms with Crippen LogP contribution in [-0.4, -0.2) is 49.2 Å². The average molecular weight is 402 g/mol. The van der Waals surface area contributed by atoms with E-state index in [9.17, 15) is 4.79 Å². The molecule has 4 aromatic heterocycles. The number of amides is 1. The molecule has 1 amide bonds. The molecule has 5 heterocycles. The van der Waals surface area contributed by atoms with Gasteiger partial charge in [-0.1, -0.05) is 16.4 Å². The van der Waals surface area contributed by atoms with Crippen molar-refractivity contribution in [3.63, 3.8) is 0 Å². The molecule has 9 heteroatoms. The number of carbonyl (C=O) groups excluding carboxylic acids is 1. The Kier molecular flexibility index (Phi) is 4.55. The van der Waals surface area contributed by atoms with Crippen LogP contribution in [0.1, 0.15) is 39.5 Å². The molecule has 0 spiro atoms. The van der Waals surface area contributed by atoms with Gasteiger partial charge in [0.15, 0.2) is 5.69 Å². The van der Waals surface area contributed by atoms with Crippen LogP contribution < -0.4 is 0 Å². The Morgan fingerprint density at radius 2 is 1.87 bits per heavy atom. The first-order chi connectivity index (χ1) is 14.7. The van der Waals surface area contributed by atoms with Gasteiger partial charge >= 0.3 is 0 Å². The second-order valence-corrected chi connectivity index (χ2v) is 7.22. The first kappa shape index (κ1) is 18.2. The highest BCUT2D eigenvalue weighted by Gasteiger charge is 2.41. The van der Waals surface area contributed by atoms with Crippen molar-refractivity contribution in [2.45, 2.75) is 18.8 Å². The highest BCUT2D eigenvalue weighted by atomic mass is 16.5. The van der Waals surface area contributed by atoms with Crippen molar-refractivity contribution in [3.05, 3.63) is 78.0 Å². The summed E-state index contributed by atoms with van der Waals surface area (Å²) in [6, 6.07) is 9.17. The maximum absolute atomic E-state index is 13.0. The zero-order valence-electron chi connectivity index (χ0n) is 16.2. The fourth-order valence-electron chi connectivity index (χ4n) is 3.79. The number of aromatic nitrogens is 5. The molecule has 0 aliphatic carbocycles. The Morgan fingerprint density at radius 3 is 2.60 bits per heavy atom. The molecule has 150 valence electrons. The zero-order valence-corrected chi connectivity index (χ0v) is 16.2. The molecule has 2 atom stereocenters. The third-order valence-electron chi connectivity index (χ3n) is 5.26. The number of rotatable bonds is 4. The topological polar surface area (TPSA) is 111 Å². The maximum Gasteiger partial charge on any atom is 0.276 e. The van der Waals surface area contributed by atoms with E-state index in [0.29, 0.717) is 36.3 Å². The van der Waals surface area contributed by atoms with E-state index in [0.717, 1.165) is 11.1 Å². The average Bonchev–Trinajstić information content (AvgIpc) is 3.53. The van der Waals surface area contributed by atoms with Crippen molar-refractivity contribution < 1.29 is 13.8 Å².